The highest BCUT2D eigenvalue weighted by atomic mass is 32.2. The first kappa shape index (κ1) is 33.0. The molecule has 1 aliphatic rings. The normalized spacial score (nSPS) is 19.5. The average molecular weight is 622 g/mol. The molecule has 1 fully saturated rings. The number of urea groups is 1. The molecule has 0 radical (unpaired) electrons. The van der Waals surface area contributed by atoms with Crippen LogP contribution in [0.1, 0.15) is 55.4 Å². The van der Waals surface area contributed by atoms with Gasteiger partial charge in [-0.15, -0.1) is 11.8 Å². The summed E-state index contributed by atoms with van der Waals surface area (Å²) in [4.78, 5) is 35.9. The number of anilines is 1. The minimum absolute atomic E-state index is 0.0264. The summed E-state index contributed by atoms with van der Waals surface area (Å²) in [5.74, 6) is 0.121. The number of hydrogen-bond acceptors (Lipinski definition) is 8. The van der Waals surface area contributed by atoms with Crippen molar-refractivity contribution in [2.75, 3.05) is 24.2 Å². The van der Waals surface area contributed by atoms with E-state index in [1.165, 1.54) is 6.92 Å². The van der Waals surface area contributed by atoms with Gasteiger partial charge in [0.15, 0.2) is 6.29 Å². The summed E-state index contributed by atoms with van der Waals surface area (Å²) in [6, 6.07) is 22.7. The summed E-state index contributed by atoms with van der Waals surface area (Å²) >= 11 is 1.68. The highest BCUT2D eigenvalue weighted by Crippen LogP contribution is 2.43. The zero-order valence-electron chi connectivity index (χ0n) is 25.1. The fourth-order valence-electron chi connectivity index (χ4n) is 4.73. The van der Waals surface area contributed by atoms with Gasteiger partial charge in [0.25, 0.3) is 0 Å². The van der Waals surface area contributed by atoms with E-state index in [1.807, 2.05) is 72.8 Å². The van der Waals surface area contributed by atoms with Gasteiger partial charge >= 0.3 is 12.0 Å². The van der Waals surface area contributed by atoms with Crippen LogP contribution in [0.25, 0.3) is 0 Å². The first-order valence-corrected chi connectivity index (χ1v) is 15.5. The van der Waals surface area contributed by atoms with Gasteiger partial charge in [-0.05, 0) is 47.9 Å². The van der Waals surface area contributed by atoms with E-state index in [0.717, 1.165) is 32.8 Å². The third-order valence-electron chi connectivity index (χ3n) is 7.12. The predicted molar refractivity (Wildman–Crippen MR) is 168 cm³/mol. The maximum atomic E-state index is 12.0. The van der Waals surface area contributed by atoms with Crippen LogP contribution in [0, 0.1) is 5.92 Å². The second-order valence-electron chi connectivity index (χ2n) is 10.4. The highest BCUT2D eigenvalue weighted by molar-refractivity contribution is 7.99. The van der Waals surface area contributed by atoms with Crippen LogP contribution >= 0.6 is 11.8 Å². The van der Waals surface area contributed by atoms with Crippen molar-refractivity contribution in [2.45, 2.75) is 57.3 Å². The molecular weight excluding hydrogens is 582 g/mol. The van der Waals surface area contributed by atoms with Gasteiger partial charge in [-0.3, -0.25) is 9.59 Å². The van der Waals surface area contributed by atoms with Crippen LogP contribution in [-0.4, -0.2) is 48.0 Å². The third kappa shape index (κ3) is 9.55. The zero-order chi connectivity index (χ0) is 31.5. The molecule has 0 bridgehead atoms. The van der Waals surface area contributed by atoms with Crippen molar-refractivity contribution in [1.82, 2.24) is 10.6 Å². The van der Waals surface area contributed by atoms with E-state index in [2.05, 4.69) is 22.9 Å². The number of hydrogen-bond donors (Lipinski definition) is 4. The van der Waals surface area contributed by atoms with Gasteiger partial charge in [0.1, 0.15) is 6.54 Å². The first-order valence-electron chi connectivity index (χ1n) is 14.5. The fraction of sp³-hybridized carbons (Fsp3) is 0.364. The van der Waals surface area contributed by atoms with Gasteiger partial charge < -0.3 is 35.3 Å². The number of thioether (sulfide) groups is 1. The SMILES string of the molecule is CCOC(=O)CNC(=O)NCc1ccc([C@@H]2O[C@H](CSc3ccc(NC(C)=O)cc3)[C@H](C)[C@H](c3ccc(CO)cc3)O2)cc1. The van der Waals surface area contributed by atoms with Crippen molar-refractivity contribution in [2.24, 2.45) is 5.92 Å². The number of nitrogens with one attached hydrogen (secondary N) is 3. The Bertz CT molecular complexity index is 1380. The molecule has 0 aromatic heterocycles. The summed E-state index contributed by atoms with van der Waals surface area (Å²) in [6.07, 6.45) is -0.990. The smallest absolute Gasteiger partial charge is 0.325 e. The standard InChI is InChI=1S/C33H39N3O7S/c1-4-41-30(39)18-35-33(40)34-17-23-5-11-26(12-6-23)32-42-29(20-44-28-15-13-27(14-16-28)36-22(3)38)21(2)31(43-32)25-9-7-24(19-37)8-10-25/h5-16,21,29,31-32,37H,4,17-20H2,1-3H3,(H,36,38)(H2,34,35,40)/t21-,29+,31+,32+/m0/s1. The lowest BCUT2D eigenvalue weighted by atomic mass is 9.91. The van der Waals surface area contributed by atoms with Crippen molar-refractivity contribution < 1.29 is 33.7 Å². The number of carbonyl (C=O) groups excluding carboxylic acids is 3. The molecule has 1 heterocycles. The fourth-order valence-corrected chi connectivity index (χ4v) is 5.80. The van der Waals surface area contributed by atoms with Crippen molar-refractivity contribution >= 4 is 35.4 Å². The molecule has 1 aliphatic heterocycles. The van der Waals surface area contributed by atoms with Crippen LogP contribution < -0.4 is 16.0 Å². The van der Waals surface area contributed by atoms with Gasteiger partial charge in [-0.25, -0.2) is 4.79 Å². The number of rotatable bonds is 12. The second kappa shape index (κ2) is 16.2. The minimum Gasteiger partial charge on any atom is -0.465 e. The molecule has 44 heavy (non-hydrogen) atoms. The summed E-state index contributed by atoms with van der Waals surface area (Å²) < 4.78 is 17.9. The molecule has 0 unspecified atom stereocenters. The van der Waals surface area contributed by atoms with Crippen LogP contribution in [0.2, 0.25) is 0 Å². The quantitative estimate of drug-likeness (QED) is 0.162. The van der Waals surface area contributed by atoms with Crippen LogP contribution in [-0.2, 0) is 37.0 Å². The highest BCUT2D eigenvalue weighted by Gasteiger charge is 2.38. The summed E-state index contributed by atoms with van der Waals surface area (Å²) in [7, 11) is 0. The number of benzene rings is 3. The molecule has 3 aromatic rings. The van der Waals surface area contributed by atoms with Crippen LogP contribution in [0.5, 0.6) is 0 Å². The van der Waals surface area contributed by atoms with Gasteiger partial charge in [0, 0.05) is 41.3 Å². The largest absolute Gasteiger partial charge is 0.465 e. The Morgan fingerprint density at radius 1 is 0.886 bits per heavy atom. The molecule has 4 rings (SSSR count). The molecule has 3 aromatic carbocycles. The molecular formula is C33H39N3O7S. The monoisotopic (exact) mass is 621 g/mol. The lowest BCUT2D eigenvalue weighted by Gasteiger charge is -2.41. The number of carbonyl (C=O) groups is 3. The predicted octanol–water partition coefficient (Wildman–Crippen LogP) is 5.08. The van der Waals surface area contributed by atoms with Crippen LogP contribution in [0.3, 0.4) is 0 Å². The van der Waals surface area contributed by atoms with E-state index in [4.69, 9.17) is 14.2 Å². The van der Waals surface area contributed by atoms with Gasteiger partial charge in [0.05, 0.1) is 25.4 Å². The summed E-state index contributed by atoms with van der Waals surface area (Å²) in [5.41, 5.74) is 4.31. The molecule has 10 nitrogen and oxygen atoms in total. The van der Waals surface area contributed by atoms with Crippen LogP contribution in [0.4, 0.5) is 10.5 Å². The summed E-state index contributed by atoms with van der Waals surface area (Å²) in [6.45, 7) is 5.62. The van der Waals surface area contributed by atoms with Crippen molar-refractivity contribution in [3.8, 4) is 0 Å². The zero-order valence-corrected chi connectivity index (χ0v) is 25.9. The van der Waals surface area contributed by atoms with Gasteiger partial charge in [0.2, 0.25) is 5.91 Å². The van der Waals surface area contributed by atoms with E-state index in [9.17, 15) is 19.5 Å². The van der Waals surface area contributed by atoms with Crippen molar-refractivity contribution in [3.05, 3.63) is 95.1 Å². The lowest BCUT2D eigenvalue weighted by molar-refractivity contribution is -0.268. The maximum absolute atomic E-state index is 12.0. The number of amides is 3. The topological polar surface area (TPSA) is 135 Å². The molecule has 234 valence electrons. The van der Waals surface area contributed by atoms with E-state index in [-0.39, 0.29) is 50.3 Å². The van der Waals surface area contributed by atoms with E-state index < -0.39 is 18.3 Å². The molecule has 3 amide bonds. The van der Waals surface area contributed by atoms with Crippen LogP contribution in [0.15, 0.2) is 77.7 Å². The molecule has 11 heteroatoms. The van der Waals surface area contributed by atoms with Crippen molar-refractivity contribution in [3.63, 3.8) is 0 Å². The average Bonchev–Trinajstić information content (AvgIpc) is 3.03. The van der Waals surface area contributed by atoms with E-state index >= 15 is 0 Å². The molecule has 0 saturated carbocycles. The van der Waals surface area contributed by atoms with E-state index in [1.54, 1.807) is 18.7 Å². The Hall–Kier alpha value is -3.90. The Balaban J connectivity index is 1.43. The minimum atomic E-state index is -0.614. The Labute approximate surface area is 261 Å². The molecule has 4 N–H and O–H groups in total. The van der Waals surface area contributed by atoms with Gasteiger partial charge in [-0.2, -0.15) is 0 Å². The first-order chi connectivity index (χ1) is 21.2. The molecule has 0 spiro atoms. The van der Waals surface area contributed by atoms with E-state index in [0.29, 0.717) is 5.75 Å². The number of aliphatic hydroxyl groups is 1. The Morgan fingerprint density at radius 2 is 1.55 bits per heavy atom. The number of aliphatic hydroxyl groups excluding tert-OH is 1. The maximum Gasteiger partial charge on any atom is 0.325 e. The molecule has 0 aliphatic carbocycles. The lowest BCUT2D eigenvalue weighted by Crippen LogP contribution is -2.39. The number of esters is 1. The van der Waals surface area contributed by atoms with Crippen molar-refractivity contribution in [1.29, 1.82) is 0 Å². The Morgan fingerprint density at radius 3 is 2.18 bits per heavy atom. The van der Waals surface area contributed by atoms with Gasteiger partial charge in [-0.1, -0.05) is 55.5 Å². The third-order valence-corrected chi connectivity index (χ3v) is 8.22. The molecule has 1 saturated heterocycles. The Kier molecular flexibility index (Phi) is 12.2. The second-order valence-corrected chi connectivity index (χ2v) is 11.5. The number of ether oxygens (including phenoxy) is 3. The summed E-state index contributed by atoms with van der Waals surface area (Å²) in [5, 5.41) is 17.5. The molecule has 4 atom stereocenters.